The molecule has 0 aromatic rings. The van der Waals surface area contributed by atoms with E-state index in [1.165, 1.54) is 32.1 Å². The van der Waals surface area contributed by atoms with Gasteiger partial charge in [-0.15, -0.1) is 0 Å². The second kappa shape index (κ2) is 7.25. The van der Waals surface area contributed by atoms with E-state index in [0.29, 0.717) is 11.9 Å². The molecule has 2 fully saturated rings. The first kappa shape index (κ1) is 14.8. The molecule has 0 saturated carbocycles. The lowest BCUT2D eigenvalue weighted by molar-refractivity contribution is -0.135. The minimum atomic E-state index is 0.0743. The molecular formula is C15H29N3O. The summed E-state index contributed by atoms with van der Waals surface area (Å²) in [6.45, 7) is 9.46. The van der Waals surface area contributed by atoms with Crippen LogP contribution in [0.4, 0.5) is 0 Å². The SMILES string of the molecule is CCCNC1CCN(C(C)C(=O)N2CCCC2)CC1. The van der Waals surface area contributed by atoms with Crippen LogP contribution >= 0.6 is 0 Å². The van der Waals surface area contributed by atoms with Crippen molar-refractivity contribution in [3.8, 4) is 0 Å². The van der Waals surface area contributed by atoms with Crippen LogP contribution in [0.3, 0.4) is 0 Å². The zero-order chi connectivity index (χ0) is 13.7. The van der Waals surface area contributed by atoms with E-state index < -0.39 is 0 Å². The third-order valence-corrected chi connectivity index (χ3v) is 4.54. The van der Waals surface area contributed by atoms with Gasteiger partial charge in [0.05, 0.1) is 6.04 Å². The molecule has 4 nitrogen and oxygen atoms in total. The van der Waals surface area contributed by atoms with Crippen LogP contribution in [0.25, 0.3) is 0 Å². The number of carbonyl (C=O) groups excluding carboxylic acids is 1. The van der Waals surface area contributed by atoms with Crippen molar-refractivity contribution in [3.05, 3.63) is 0 Å². The summed E-state index contributed by atoms with van der Waals surface area (Å²) in [6.07, 6.45) is 5.92. The molecular weight excluding hydrogens is 238 g/mol. The first-order valence-electron chi connectivity index (χ1n) is 7.98. The van der Waals surface area contributed by atoms with Crippen molar-refractivity contribution in [3.63, 3.8) is 0 Å². The molecule has 0 spiro atoms. The molecule has 1 amide bonds. The van der Waals surface area contributed by atoms with E-state index in [0.717, 1.165) is 32.7 Å². The first-order chi connectivity index (χ1) is 9.22. The Bertz CT molecular complexity index is 281. The van der Waals surface area contributed by atoms with E-state index in [4.69, 9.17) is 0 Å². The standard InChI is InChI=1S/C15H29N3O/c1-3-8-16-14-6-11-17(12-7-14)13(2)15(19)18-9-4-5-10-18/h13-14,16H,3-12H2,1-2H3. The molecule has 0 aromatic carbocycles. The van der Waals surface area contributed by atoms with Gasteiger partial charge in [0.15, 0.2) is 0 Å². The van der Waals surface area contributed by atoms with Crippen molar-refractivity contribution in [2.24, 2.45) is 0 Å². The van der Waals surface area contributed by atoms with Gasteiger partial charge in [0.2, 0.25) is 5.91 Å². The zero-order valence-electron chi connectivity index (χ0n) is 12.5. The highest BCUT2D eigenvalue weighted by Gasteiger charge is 2.30. The van der Waals surface area contributed by atoms with E-state index in [9.17, 15) is 4.79 Å². The van der Waals surface area contributed by atoms with Gasteiger partial charge in [0, 0.05) is 32.2 Å². The third-order valence-electron chi connectivity index (χ3n) is 4.54. The van der Waals surface area contributed by atoms with E-state index in [-0.39, 0.29) is 6.04 Å². The molecule has 2 heterocycles. The van der Waals surface area contributed by atoms with Gasteiger partial charge in [0.25, 0.3) is 0 Å². The molecule has 2 rings (SSSR count). The van der Waals surface area contributed by atoms with Gasteiger partial charge in [-0.25, -0.2) is 0 Å². The van der Waals surface area contributed by atoms with Gasteiger partial charge in [-0.2, -0.15) is 0 Å². The van der Waals surface area contributed by atoms with Crippen LogP contribution in [0.5, 0.6) is 0 Å². The van der Waals surface area contributed by atoms with E-state index >= 15 is 0 Å². The first-order valence-corrected chi connectivity index (χ1v) is 7.98. The van der Waals surface area contributed by atoms with E-state index in [2.05, 4.69) is 24.1 Å². The Kier molecular flexibility index (Phi) is 5.64. The Morgan fingerprint density at radius 3 is 2.42 bits per heavy atom. The highest BCUT2D eigenvalue weighted by atomic mass is 16.2. The lowest BCUT2D eigenvalue weighted by Gasteiger charge is -2.37. The largest absolute Gasteiger partial charge is 0.341 e. The summed E-state index contributed by atoms with van der Waals surface area (Å²) >= 11 is 0. The Morgan fingerprint density at radius 1 is 1.21 bits per heavy atom. The third kappa shape index (κ3) is 3.93. The van der Waals surface area contributed by atoms with Crippen LogP contribution in [0.2, 0.25) is 0 Å². The molecule has 1 unspecified atom stereocenters. The maximum atomic E-state index is 12.4. The number of hydrogen-bond acceptors (Lipinski definition) is 3. The molecule has 19 heavy (non-hydrogen) atoms. The fourth-order valence-electron chi connectivity index (χ4n) is 3.20. The average molecular weight is 267 g/mol. The van der Waals surface area contributed by atoms with E-state index in [1.54, 1.807) is 0 Å². The van der Waals surface area contributed by atoms with Crippen LogP contribution in [-0.4, -0.2) is 60.5 Å². The summed E-state index contributed by atoms with van der Waals surface area (Å²) < 4.78 is 0. The molecule has 110 valence electrons. The molecule has 2 aliphatic heterocycles. The van der Waals surface area contributed by atoms with Gasteiger partial charge in [-0.3, -0.25) is 9.69 Å². The van der Waals surface area contributed by atoms with Crippen LogP contribution in [-0.2, 0) is 4.79 Å². The van der Waals surface area contributed by atoms with Gasteiger partial charge >= 0.3 is 0 Å². The predicted octanol–water partition coefficient (Wildman–Crippen LogP) is 1.46. The minimum absolute atomic E-state index is 0.0743. The maximum Gasteiger partial charge on any atom is 0.239 e. The van der Waals surface area contributed by atoms with Crippen LogP contribution in [0, 0.1) is 0 Å². The van der Waals surface area contributed by atoms with Crippen LogP contribution in [0.15, 0.2) is 0 Å². The number of rotatable bonds is 5. The minimum Gasteiger partial charge on any atom is -0.341 e. The lowest BCUT2D eigenvalue weighted by Crippen LogP contribution is -2.51. The van der Waals surface area contributed by atoms with Gasteiger partial charge in [-0.1, -0.05) is 6.92 Å². The second-order valence-corrected chi connectivity index (χ2v) is 5.97. The summed E-state index contributed by atoms with van der Waals surface area (Å²) in [4.78, 5) is 16.8. The van der Waals surface area contributed by atoms with Gasteiger partial charge < -0.3 is 10.2 Å². The van der Waals surface area contributed by atoms with Crippen molar-refractivity contribution in [1.82, 2.24) is 15.1 Å². The van der Waals surface area contributed by atoms with Crippen molar-refractivity contribution in [2.45, 2.75) is 58.0 Å². The Labute approximate surface area is 117 Å². The summed E-state index contributed by atoms with van der Waals surface area (Å²) in [6, 6.07) is 0.732. The van der Waals surface area contributed by atoms with Crippen molar-refractivity contribution >= 4 is 5.91 Å². The normalized spacial score (nSPS) is 23.8. The monoisotopic (exact) mass is 267 g/mol. The number of piperidine rings is 1. The quantitative estimate of drug-likeness (QED) is 0.819. The van der Waals surface area contributed by atoms with Crippen molar-refractivity contribution in [1.29, 1.82) is 0 Å². The number of likely N-dealkylation sites (tertiary alicyclic amines) is 2. The van der Waals surface area contributed by atoms with Crippen LogP contribution < -0.4 is 5.32 Å². The summed E-state index contributed by atoms with van der Waals surface area (Å²) in [5.74, 6) is 0.345. The summed E-state index contributed by atoms with van der Waals surface area (Å²) in [5.41, 5.74) is 0. The molecule has 0 bridgehead atoms. The summed E-state index contributed by atoms with van der Waals surface area (Å²) in [5, 5.41) is 3.59. The fourth-order valence-corrected chi connectivity index (χ4v) is 3.20. The molecule has 0 radical (unpaired) electrons. The fraction of sp³-hybridized carbons (Fsp3) is 0.933. The second-order valence-electron chi connectivity index (χ2n) is 5.97. The number of carbonyl (C=O) groups is 1. The summed E-state index contributed by atoms with van der Waals surface area (Å²) in [7, 11) is 0. The topological polar surface area (TPSA) is 35.6 Å². The van der Waals surface area contributed by atoms with Gasteiger partial charge in [-0.05, 0) is 45.6 Å². The Morgan fingerprint density at radius 2 is 1.84 bits per heavy atom. The molecule has 2 aliphatic rings. The molecule has 0 aliphatic carbocycles. The highest BCUT2D eigenvalue weighted by molar-refractivity contribution is 5.81. The molecule has 1 N–H and O–H groups in total. The van der Waals surface area contributed by atoms with Gasteiger partial charge in [0.1, 0.15) is 0 Å². The van der Waals surface area contributed by atoms with Crippen molar-refractivity contribution in [2.75, 3.05) is 32.7 Å². The number of hydrogen-bond donors (Lipinski definition) is 1. The van der Waals surface area contributed by atoms with E-state index in [1.807, 2.05) is 4.90 Å². The number of nitrogens with zero attached hydrogens (tertiary/aromatic N) is 2. The predicted molar refractivity (Wildman–Crippen MR) is 78.2 cm³/mol. The van der Waals surface area contributed by atoms with Crippen LogP contribution in [0.1, 0.15) is 46.0 Å². The zero-order valence-corrected chi connectivity index (χ0v) is 12.5. The number of nitrogens with one attached hydrogen (secondary N) is 1. The molecule has 4 heteroatoms. The molecule has 2 saturated heterocycles. The average Bonchev–Trinajstić information content (AvgIpc) is 2.98. The van der Waals surface area contributed by atoms with Crippen molar-refractivity contribution < 1.29 is 4.79 Å². The molecule has 0 aromatic heterocycles. The molecule has 1 atom stereocenters. The number of amides is 1. The lowest BCUT2D eigenvalue weighted by atomic mass is 10.0. The Hall–Kier alpha value is -0.610. The Balaban J connectivity index is 1.75. The maximum absolute atomic E-state index is 12.4. The highest BCUT2D eigenvalue weighted by Crippen LogP contribution is 2.17. The smallest absolute Gasteiger partial charge is 0.239 e.